The van der Waals surface area contributed by atoms with E-state index in [2.05, 4.69) is 0 Å². The first-order chi connectivity index (χ1) is 6.52. The van der Waals surface area contributed by atoms with Gasteiger partial charge in [0.1, 0.15) is 0 Å². The maximum Gasteiger partial charge on any atom is 0.343 e. The van der Waals surface area contributed by atoms with E-state index in [4.69, 9.17) is 10.3 Å². The number of carboxylic acid groups (broad SMARTS) is 1. The Kier molecular flexibility index (Phi) is 3.29. The van der Waals surface area contributed by atoms with E-state index >= 15 is 0 Å². The number of amides is 2. The second-order valence-electron chi connectivity index (χ2n) is 3.41. The summed E-state index contributed by atoms with van der Waals surface area (Å²) in [7, 11) is 1.26. The van der Waals surface area contributed by atoms with Crippen LogP contribution in [0.25, 0.3) is 0 Å². The number of aliphatic carboxylic acids is 1. The lowest BCUT2D eigenvalue weighted by molar-refractivity contribution is -0.143. The van der Waals surface area contributed by atoms with Crippen molar-refractivity contribution in [3.63, 3.8) is 0 Å². The van der Waals surface area contributed by atoms with Crippen LogP contribution < -0.4 is 0 Å². The van der Waals surface area contributed by atoms with Crippen LogP contribution in [0.3, 0.4) is 0 Å². The average Bonchev–Trinajstić information content (AvgIpc) is 2.16. The Bertz CT molecular complexity index is 233. The van der Waals surface area contributed by atoms with Crippen molar-refractivity contribution in [1.29, 1.82) is 0 Å². The van der Waals surface area contributed by atoms with E-state index in [0.29, 0.717) is 31.0 Å². The van der Waals surface area contributed by atoms with E-state index in [1.165, 1.54) is 11.9 Å². The van der Waals surface area contributed by atoms with Gasteiger partial charge in [-0.25, -0.2) is 9.86 Å². The zero-order chi connectivity index (χ0) is 10.7. The van der Waals surface area contributed by atoms with Crippen LogP contribution in [-0.2, 0) is 4.79 Å². The molecule has 1 rings (SSSR count). The number of carbonyl (C=O) groups is 2. The molecule has 0 atom stereocenters. The molecule has 6 nitrogen and oxygen atoms in total. The van der Waals surface area contributed by atoms with Crippen molar-refractivity contribution in [2.75, 3.05) is 20.1 Å². The molecule has 0 aromatic heterocycles. The highest BCUT2D eigenvalue weighted by molar-refractivity contribution is 5.74. The van der Waals surface area contributed by atoms with Crippen LogP contribution in [0, 0.1) is 5.92 Å². The summed E-state index contributed by atoms with van der Waals surface area (Å²) in [5.74, 6) is -1.17. The molecule has 0 aliphatic carbocycles. The van der Waals surface area contributed by atoms with Gasteiger partial charge in [0, 0.05) is 20.1 Å². The lowest BCUT2D eigenvalue weighted by Gasteiger charge is -2.31. The number of likely N-dealkylation sites (tertiary alicyclic amines) is 1. The highest BCUT2D eigenvalue weighted by Gasteiger charge is 2.27. The van der Waals surface area contributed by atoms with Gasteiger partial charge in [-0.3, -0.25) is 10.0 Å². The Balaban J connectivity index is 2.43. The molecule has 1 aliphatic heterocycles. The highest BCUT2D eigenvalue weighted by atomic mass is 16.5. The molecule has 0 unspecified atom stereocenters. The fourth-order valence-corrected chi connectivity index (χ4v) is 1.52. The van der Waals surface area contributed by atoms with Gasteiger partial charge in [-0.1, -0.05) is 0 Å². The van der Waals surface area contributed by atoms with Gasteiger partial charge in [0.2, 0.25) is 0 Å². The van der Waals surface area contributed by atoms with Crippen LogP contribution >= 0.6 is 0 Å². The van der Waals surface area contributed by atoms with Crippen molar-refractivity contribution in [3.05, 3.63) is 0 Å². The molecule has 6 heteroatoms. The minimum atomic E-state index is -0.811. The van der Waals surface area contributed by atoms with E-state index in [9.17, 15) is 9.59 Å². The van der Waals surface area contributed by atoms with E-state index in [1.54, 1.807) is 0 Å². The minimum absolute atomic E-state index is 0.358. The van der Waals surface area contributed by atoms with E-state index in [0.717, 1.165) is 0 Å². The van der Waals surface area contributed by atoms with E-state index < -0.39 is 12.0 Å². The van der Waals surface area contributed by atoms with E-state index in [1.807, 2.05) is 0 Å². The number of carbonyl (C=O) groups excluding carboxylic acids is 1. The standard InChI is InChI=1S/C8H14N2O4/c1-9(14)8(13)10-4-2-6(3-5-10)7(11)12/h6,14H,2-5H2,1H3,(H,11,12). The molecule has 0 spiro atoms. The van der Waals surface area contributed by atoms with Crippen molar-refractivity contribution < 1.29 is 19.9 Å². The molecule has 1 heterocycles. The molecule has 0 saturated carbocycles. The summed E-state index contributed by atoms with van der Waals surface area (Å²) in [6.07, 6.45) is 0.907. The SMILES string of the molecule is CN(O)C(=O)N1CCC(C(=O)O)CC1. The number of rotatable bonds is 1. The summed E-state index contributed by atoms with van der Waals surface area (Å²) >= 11 is 0. The third kappa shape index (κ3) is 2.35. The first-order valence-electron chi connectivity index (χ1n) is 4.46. The van der Waals surface area contributed by atoms with Crippen molar-refractivity contribution in [2.24, 2.45) is 5.92 Å². The summed E-state index contributed by atoms with van der Waals surface area (Å²) in [5, 5.41) is 18.1. The van der Waals surface area contributed by atoms with Crippen LogP contribution in [0.1, 0.15) is 12.8 Å². The second kappa shape index (κ2) is 4.28. The molecular weight excluding hydrogens is 188 g/mol. The normalized spacial score (nSPS) is 18.0. The zero-order valence-electron chi connectivity index (χ0n) is 8.01. The van der Waals surface area contributed by atoms with Crippen molar-refractivity contribution in [1.82, 2.24) is 9.96 Å². The summed E-state index contributed by atoms with van der Waals surface area (Å²) in [6, 6.07) is -0.478. The molecular formula is C8H14N2O4. The number of carboxylic acids is 1. The molecule has 2 amide bonds. The first-order valence-corrected chi connectivity index (χ1v) is 4.46. The molecule has 0 bridgehead atoms. The lowest BCUT2D eigenvalue weighted by Crippen LogP contribution is -2.45. The molecule has 1 aliphatic rings. The number of piperidine rings is 1. The number of hydrogen-bond donors (Lipinski definition) is 2. The summed E-state index contributed by atoms with van der Waals surface area (Å²) < 4.78 is 0. The zero-order valence-corrected chi connectivity index (χ0v) is 8.01. The van der Waals surface area contributed by atoms with Crippen LogP contribution in [0.2, 0.25) is 0 Å². The summed E-state index contributed by atoms with van der Waals surface area (Å²) in [5.41, 5.74) is 0. The quantitative estimate of drug-likeness (QED) is 0.471. The third-order valence-electron chi connectivity index (χ3n) is 2.39. The minimum Gasteiger partial charge on any atom is -0.481 e. The fourth-order valence-electron chi connectivity index (χ4n) is 1.52. The molecule has 1 fully saturated rings. The van der Waals surface area contributed by atoms with Gasteiger partial charge in [0.05, 0.1) is 5.92 Å². The van der Waals surface area contributed by atoms with Crippen molar-refractivity contribution in [2.45, 2.75) is 12.8 Å². The molecule has 0 radical (unpaired) electrons. The van der Waals surface area contributed by atoms with Gasteiger partial charge in [-0.05, 0) is 12.8 Å². The monoisotopic (exact) mass is 202 g/mol. The molecule has 80 valence electrons. The summed E-state index contributed by atoms with van der Waals surface area (Å²) in [6.45, 7) is 0.779. The van der Waals surface area contributed by atoms with Crippen molar-refractivity contribution >= 4 is 12.0 Å². The van der Waals surface area contributed by atoms with Gasteiger partial charge in [-0.2, -0.15) is 0 Å². The smallest absolute Gasteiger partial charge is 0.343 e. The Morgan fingerprint density at radius 3 is 2.21 bits per heavy atom. The Hall–Kier alpha value is -1.30. The largest absolute Gasteiger partial charge is 0.481 e. The van der Waals surface area contributed by atoms with Crippen LogP contribution in [-0.4, -0.2) is 52.4 Å². The van der Waals surface area contributed by atoms with Gasteiger partial charge in [0.25, 0.3) is 0 Å². The first kappa shape index (κ1) is 10.8. The van der Waals surface area contributed by atoms with Crippen LogP contribution in [0.5, 0.6) is 0 Å². The number of hydroxylamine groups is 2. The van der Waals surface area contributed by atoms with Crippen LogP contribution in [0.4, 0.5) is 4.79 Å². The number of nitrogens with zero attached hydrogens (tertiary/aromatic N) is 2. The van der Waals surface area contributed by atoms with Gasteiger partial charge in [0.15, 0.2) is 0 Å². The maximum atomic E-state index is 11.2. The van der Waals surface area contributed by atoms with Gasteiger partial charge in [-0.15, -0.1) is 0 Å². The average molecular weight is 202 g/mol. The lowest BCUT2D eigenvalue weighted by atomic mass is 9.97. The molecule has 0 aromatic carbocycles. The number of urea groups is 1. The third-order valence-corrected chi connectivity index (χ3v) is 2.39. The maximum absolute atomic E-state index is 11.2. The molecule has 0 aromatic rings. The van der Waals surface area contributed by atoms with Crippen molar-refractivity contribution in [3.8, 4) is 0 Å². The molecule has 14 heavy (non-hydrogen) atoms. The predicted molar refractivity (Wildman–Crippen MR) is 46.9 cm³/mol. The second-order valence-corrected chi connectivity index (χ2v) is 3.41. The highest BCUT2D eigenvalue weighted by Crippen LogP contribution is 2.17. The Morgan fingerprint density at radius 1 is 1.36 bits per heavy atom. The Labute approximate surface area is 81.7 Å². The molecule has 1 saturated heterocycles. The molecule has 2 N–H and O–H groups in total. The Morgan fingerprint density at radius 2 is 1.86 bits per heavy atom. The van der Waals surface area contributed by atoms with Gasteiger partial charge >= 0.3 is 12.0 Å². The van der Waals surface area contributed by atoms with Gasteiger partial charge < -0.3 is 10.0 Å². The fraction of sp³-hybridized carbons (Fsp3) is 0.750. The topological polar surface area (TPSA) is 81.1 Å². The summed E-state index contributed by atoms with van der Waals surface area (Å²) in [4.78, 5) is 23.3. The number of hydrogen-bond acceptors (Lipinski definition) is 3. The predicted octanol–water partition coefficient (Wildman–Crippen LogP) is 0.224. The van der Waals surface area contributed by atoms with Crippen LogP contribution in [0.15, 0.2) is 0 Å². The van der Waals surface area contributed by atoms with E-state index in [-0.39, 0.29) is 5.92 Å².